The largest absolute Gasteiger partial charge is 1.00 e. The first-order valence-electron chi connectivity index (χ1n) is 14.2. The Morgan fingerprint density at radius 1 is 0.596 bits per heavy atom. The molecule has 0 N–H and O–H groups in total. The number of benzene rings is 4. The molecule has 0 bridgehead atoms. The summed E-state index contributed by atoms with van der Waals surface area (Å²) < 4.78 is 9.64. The molecule has 4 aromatic carbocycles. The SMILES string of the molecule is CC(=O)c1cccc(C(C)=O)n1.Cc1cc(C)c(-c2ccccc2[N]=[Fe+2]=[N]c2ccccc2-c2c(C)cc(C)cc2Cl)c(Cl)c1.[Cl-].[Cl-]. The predicted octanol–water partition coefficient (Wildman–Crippen LogP) is 5.47. The molecule has 244 valence electrons. The van der Waals surface area contributed by atoms with Gasteiger partial charge in [-0.3, -0.25) is 9.59 Å². The quantitative estimate of drug-likeness (QED) is 0.171. The fraction of sp³-hybridized carbons (Fsp3) is 0.162. The van der Waals surface area contributed by atoms with Crippen molar-refractivity contribution in [2.75, 3.05) is 0 Å². The van der Waals surface area contributed by atoms with Crippen molar-refractivity contribution < 1.29 is 49.0 Å². The molecule has 10 heteroatoms. The molecule has 1 aromatic heterocycles. The Morgan fingerprint density at radius 2 is 0.979 bits per heavy atom. The van der Waals surface area contributed by atoms with Crippen LogP contribution in [0.1, 0.15) is 57.1 Å². The van der Waals surface area contributed by atoms with Gasteiger partial charge in [-0.25, -0.2) is 4.98 Å². The average molecular weight is 749 g/mol. The van der Waals surface area contributed by atoms with Gasteiger partial charge in [-0.15, -0.1) is 0 Å². The van der Waals surface area contributed by atoms with E-state index in [9.17, 15) is 9.59 Å². The molecular weight excluding hydrogens is 716 g/mol. The van der Waals surface area contributed by atoms with E-state index in [-0.39, 0.29) is 36.4 Å². The summed E-state index contributed by atoms with van der Waals surface area (Å²) in [5.41, 5.74) is 11.0. The number of carbonyl (C=O) groups is 2. The van der Waals surface area contributed by atoms with Gasteiger partial charge < -0.3 is 24.8 Å². The Bertz CT molecular complexity index is 1810. The molecule has 0 saturated heterocycles. The molecule has 0 spiro atoms. The van der Waals surface area contributed by atoms with Crippen LogP contribution in [-0.4, -0.2) is 16.6 Å². The van der Waals surface area contributed by atoms with Crippen molar-refractivity contribution in [2.24, 2.45) is 7.92 Å². The molecule has 1 heterocycles. The number of Topliss-reactive ketones (excluding diaryl/α,β-unsaturated/α-hetero) is 2. The van der Waals surface area contributed by atoms with Gasteiger partial charge in [-0.1, -0.05) is 6.07 Å². The zero-order valence-electron chi connectivity index (χ0n) is 26.7. The minimum Gasteiger partial charge on any atom is -1.00 e. The van der Waals surface area contributed by atoms with Crippen LogP contribution in [0.4, 0.5) is 11.4 Å². The van der Waals surface area contributed by atoms with Crippen LogP contribution in [0, 0.1) is 27.7 Å². The van der Waals surface area contributed by atoms with Gasteiger partial charge in [0.25, 0.3) is 0 Å². The molecule has 5 rings (SSSR count). The smallest absolute Gasteiger partial charge is 1.00 e. The van der Waals surface area contributed by atoms with Gasteiger partial charge in [0, 0.05) is 13.8 Å². The van der Waals surface area contributed by atoms with Crippen LogP contribution in [0.5, 0.6) is 0 Å². The first kappa shape index (κ1) is 39.8. The zero-order valence-corrected chi connectivity index (χ0v) is 30.8. The Morgan fingerprint density at radius 3 is 1.34 bits per heavy atom. The number of aryl methyl sites for hydroxylation is 4. The Kier molecular flexibility index (Phi) is 15.5. The van der Waals surface area contributed by atoms with Gasteiger partial charge in [0.2, 0.25) is 0 Å². The second-order valence-corrected chi connectivity index (χ2v) is 12.2. The normalized spacial score (nSPS) is 9.96. The van der Waals surface area contributed by atoms with Crippen molar-refractivity contribution in [3.8, 4) is 22.3 Å². The van der Waals surface area contributed by atoms with Crippen LogP contribution in [-0.2, 0) is 14.6 Å². The molecule has 0 aliphatic carbocycles. The van der Waals surface area contributed by atoms with E-state index in [0.29, 0.717) is 26.0 Å². The van der Waals surface area contributed by atoms with E-state index in [1.54, 1.807) is 18.2 Å². The first-order valence-corrected chi connectivity index (χ1v) is 15.9. The molecule has 5 aromatic rings. The van der Waals surface area contributed by atoms with Gasteiger partial charge in [-0.2, -0.15) is 0 Å². The van der Waals surface area contributed by atoms with E-state index >= 15 is 0 Å². The number of halogens is 4. The van der Waals surface area contributed by atoms with Crippen molar-refractivity contribution in [2.45, 2.75) is 41.5 Å². The maximum absolute atomic E-state index is 10.8. The number of ketones is 2. The van der Waals surface area contributed by atoms with Crippen molar-refractivity contribution in [1.82, 2.24) is 4.98 Å². The number of rotatable bonds is 6. The standard InChI is InChI=1S/2C14H12ClN.C9H9NO2.2ClH.Fe/c2*1-9-7-10(2)14(12(15)8-9)11-5-3-4-6-13(11)16;1-6(11)8-4-3-5-9(10-8)7(2)12;;;/h2*3-8H,1-2H3;3-5H,1-2H3;2*1H;/q;;;;;+2/p-2. The minimum absolute atomic E-state index is 0. The Balaban J connectivity index is 0.000000466. The summed E-state index contributed by atoms with van der Waals surface area (Å²) in [7, 11) is 0. The third kappa shape index (κ3) is 10.3. The second kappa shape index (κ2) is 18.3. The fourth-order valence-corrected chi connectivity index (χ4v) is 6.51. The summed E-state index contributed by atoms with van der Waals surface area (Å²) >= 11 is 13.6. The molecule has 0 aliphatic heterocycles. The number of hydrogen-bond acceptors (Lipinski definition) is 5. The first-order chi connectivity index (χ1) is 21.5. The molecule has 0 saturated carbocycles. The third-order valence-electron chi connectivity index (χ3n) is 6.92. The third-order valence-corrected chi connectivity index (χ3v) is 8.27. The molecule has 0 unspecified atom stereocenters. The van der Waals surface area contributed by atoms with Crippen molar-refractivity contribution in [3.05, 3.63) is 135 Å². The topological polar surface area (TPSA) is 71.8 Å². The van der Waals surface area contributed by atoms with E-state index in [2.05, 4.69) is 56.9 Å². The van der Waals surface area contributed by atoms with Crippen LogP contribution in [0.25, 0.3) is 22.3 Å². The van der Waals surface area contributed by atoms with E-state index in [0.717, 1.165) is 65.9 Å². The number of pyridine rings is 1. The Hall–Kier alpha value is -3.35. The van der Waals surface area contributed by atoms with Crippen molar-refractivity contribution >= 4 is 46.1 Å². The number of aromatic nitrogens is 1. The van der Waals surface area contributed by atoms with E-state index in [1.165, 1.54) is 13.8 Å². The van der Waals surface area contributed by atoms with Gasteiger partial charge in [-0.05, 0) is 12.1 Å². The molecule has 0 atom stereocenters. The molecule has 0 fully saturated rings. The van der Waals surface area contributed by atoms with Crippen LogP contribution in [0.15, 0.2) is 98.9 Å². The maximum Gasteiger partial charge on any atom is -1.00 e. The molecular formula is C37H33Cl4FeN3O2. The van der Waals surface area contributed by atoms with E-state index in [1.807, 2.05) is 48.5 Å². The summed E-state index contributed by atoms with van der Waals surface area (Å²) in [5.74, 6) is -0.254. The van der Waals surface area contributed by atoms with Gasteiger partial charge in [0.05, 0.1) is 0 Å². The maximum atomic E-state index is 10.8. The summed E-state index contributed by atoms with van der Waals surface area (Å²) in [5, 5.41) is 1.48. The molecule has 5 nitrogen and oxygen atoms in total. The molecule has 47 heavy (non-hydrogen) atoms. The number of carbonyl (C=O) groups excluding carboxylic acids is 2. The van der Waals surface area contributed by atoms with Crippen LogP contribution in [0.2, 0.25) is 10.0 Å². The fourth-order valence-electron chi connectivity index (χ4n) is 4.94. The molecule has 0 radical (unpaired) electrons. The Labute approximate surface area is 304 Å². The van der Waals surface area contributed by atoms with Crippen LogP contribution < -0.4 is 24.8 Å². The summed E-state index contributed by atoms with van der Waals surface area (Å²) in [6.07, 6.45) is 0. The second-order valence-electron chi connectivity index (χ2n) is 10.7. The van der Waals surface area contributed by atoms with Crippen molar-refractivity contribution in [3.63, 3.8) is 0 Å². The predicted molar refractivity (Wildman–Crippen MR) is 181 cm³/mol. The van der Waals surface area contributed by atoms with Crippen molar-refractivity contribution in [1.29, 1.82) is 0 Å². The molecule has 0 amide bonds. The number of nitrogens with zero attached hydrogens (tertiary/aromatic N) is 3. The van der Waals surface area contributed by atoms with Gasteiger partial charge in [0.1, 0.15) is 11.4 Å². The van der Waals surface area contributed by atoms with Crippen LogP contribution >= 0.6 is 23.2 Å². The minimum atomic E-state index is -0.127. The van der Waals surface area contributed by atoms with E-state index in [4.69, 9.17) is 31.1 Å². The van der Waals surface area contributed by atoms with Gasteiger partial charge >= 0.3 is 212 Å². The summed E-state index contributed by atoms with van der Waals surface area (Å²) in [4.78, 5) is 25.6. The monoisotopic (exact) mass is 747 g/mol. The number of hydrogen-bond donors (Lipinski definition) is 0. The zero-order chi connectivity index (χ0) is 32.7. The summed E-state index contributed by atoms with van der Waals surface area (Å²) in [6, 6.07) is 29.3. The van der Waals surface area contributed by atoms with E-state index < -0.39 is 0 Å². The molecule has 0 aliphatic rings. The average Bonchev–Trinajstić information content (AvgIpc) is 2.98. The van der Waals surface area contributed by atoms with Gasteiger partial charge in [0.15, 0.2) is 11.6 Å². The summed E-state index contributed by atoms with van der Waals surface area (Å²) in [6.45, 7) is 11.1. The van der Waals surface area contributed by atoms with Crippen LogP contribution in [0.3, 0.4) is 0 Å².